The van der Waals surface area contributed by atoms with E-state index >= 15 is 0 Å². The van der Waals surface area contributed by atoms with Crippen LogP contribution < -0.4 is 5.32 Å². The summed E-state index contributed by atoms with van der Waals surface area (Å²) in [7, 11) is 0. The maximum atomic E-state index is 12.2. The Kier molecular flexibility index (Phi) is 4.91. The Morgan fingerprint density at radius 2 is 1.83 bits per heavy atom. The van der Waals surface area contributed by atoms with Crippen LogP contribution in [0.4, 0.5) is 0 Å². The van der Waals surface area contributed by atoms with Crippen LogP contribution in [0.1, 0.15) is 28.4 Å². The largest absolute Gasteiger partial charge is 0.457 e. The third-order valence-electron chi connectivity index (χ3n) is 3.65. The highest BCUT2D eigenvalue weighted by Gasteiger charge is 2.10. The van der Waals surface area contributed by atoms with E-state index in [1.807, 2.05) is 35.7 Å². The zero-order valence-electron chi connectivity index (χ0n) is 13.2. The molecule has 0 saturated carbocycles. The molecule has 1 amide bonds. The Balaban J connectivity index is 1.61. The molecule has 2 aromatic carbocycles. The summed E-state index contributed by atoms with van der Waals surface area (Å²) in [4.78, 5) is 23.1. The van der Waals surface area contributed by atoms with Crippen LogP contribution in [0.5, 0.6) is 0 Å². The van der Waals surface area contributed by atoms with Gasteiger partial charge >= 0.3 is 5.97 Å². The molecule has 0 bridgehead atoms. The summed E-state index contributed by atoms with van der Waals surface area (Å²) in [5.41, 5.74) is 2.46. The van der Waals surface area contributed by atoms with Crippen LogP contribution in [0.15, 0.2) is 53.9 Å². The monoisotopic (exact) mass is 339 g/mol. The van der Waals surface area contributed by atoms with Crippen LogP contribution in [0.2, 0.25) is 0 Å². The fraction of sp³-hybridized carbons (Fsp3) is 0.158. The number of rotatable bonds is 5. The molecule has 0 aliphatic rings. The molecule has 0 aliphatic carbocycles. The van der Waals surface area contributed by atoms with Gasteiger partial charge in [0.05, 0.1) is 5.56 Å². The average molecular weight is 339 g/mol. The van der Waals surface area contributed by atoms with Crippen LogP contribution in [0.25, 0.3) is 10.1 Å². The SMILES string of the molecule is CC(=O)NCc1ccc(C(=O)OCc2csc3ccccc23)cc1. The Labute approximate surface area is 144 Å². The molecule has 0 fully saturated rings. The number of ether oxygens (including phenoxy) is 1. The molecule has 122 valence electrons. The standard InChI is InChI=1S/C19H17NO3S/c1-13(21)20-10-14-6-8-15(9-7-14)19(22)23-11-16-12-24-18-5-3-2-4-17(16)18/h2-9,12H,10-11H2,1H3,(H,20,21). The summed E-state index contributed by atoms with van der Waals surface area (Å²) in [6.45, 7) is 2.18. The summed E-state index contributed by atoms with van der Waals surface area (Å²) >= 11 is 1.65. The summed E-state index contributed by atoms with van der Waals surface area (Å²) in [5.74, 6) is -0.433. The van der Waals surface area contributed by atoms with Crippen LogP contribution in [-0.4, -0.2) is 11.9 Å². The molecule has 0 unspecified atom stereocenters. The predicted octanol–water partition coefficient (Wildman–Crippen LogP) is 3.89. The van der Waals surface area contributed by atoms with Crippen molar-refractivity contribution in [1.29, 1.82) is 0 Å². The number of carbonyl (C=O) groups is 2. The van der Waals surface area contributed by atoms with Crippen molar-refractivity contribution in [3.05, 3.63) is 70.6 Å². The van der Waals surface area contributed by atoms with Gasteiger partial charge in [-0.3, -0.25) is 4.79 Å². The first-order valence-electron chi connectivity index (χ1n) is 7.59. The molecule has 0 saturated heterocycles. The summed E-state index contributed by atoms with van der Waals surface area (Å²) in [6.07, 6.45) is 0. The maximum Gasteiger partial charge on any atom is 0.338 e. The Bertz CT molecular complexity index is 868. The number of benzene rings is 2. The van der Waals surface area contributed by atoms with Gasteiger partial charge in [-0.1, -0.05) is 30.3 Å². The molecule has 0 radical (unpaired) electrons. The number of thiophene rings is 1. The third-order valence-corrected chi connectivity index (χ3v) is 4.66. The molecule has 1 heterocycles. The minimum absolute atomic E-state index is 0.0820. The van der Waals surface area contributed by atoms with Gasteiger partial charge in [-0.25, -0.2) is 4.79 Å². The Morgan fingerprint density at radius 1 is 1.08 bits per heavy atom. The summed E-state index contributed by atoms with van der Waals surface area (Å²) in [6, 6.07) is 15.1. The van der Waals surface area contributed by atoms with Crippen molar-refractivity contribution in [2.75, 3.05) is 0 Å². The molecular weight excluding hydrogens is 322 g/mol. The molecule has 0 aliphatic heterocycles. The first kappa shape index (κ1) is 16.2. The number of esters is 1. The maximum absolute atomic E-state index is 12.2. The molecule has 4 nitrogen and oxygen atoms in total. The van der Waals surface area contributed by atoms with E-state index in [1.165, 1.54) is 11.6 Å². The molecule has 0 atom stereocenters. The van der Waals surface area contributed by atoms with Crippen LogP contribution in [0, 0.1) is 0 Å². The number of amides is 1. The van der Waals surface area contributed by atoms with E-state index in [4.69, 9.17) is 4.74 Å². The van der Waals surface area contributed by atoms with Crippen molar-refractivity contribution in [3.63, 3.8) is 0 Å². The first-order chi connectivity index (χ1) is 11.6. The smallest absolute Gasteiger partial charge is 0.338 e. The lowest BCUT2D eigenvalue weighted by molar-refractivity contribution is -0.119. The Hall–Kier alpha value is -2.66. The van der Waals surface area contributed by atoms with Crippen molar-refractivity contribution < 1.29 is 14.3 Å². The average Bonchev–Trinajstić information content (AvgIpc) is 3.01. The van der Waals surface area contributed by atoms with Crippen LogP contribution >= 0.6 is 11.3 Å². The zero-order chi connectivity index (χ0) is 16.9. The normalized spacial score (nSPS) is 10.5. The fourth-order valence-electron chi connectivity index (χ4n) is 2.36. The molecule has 0 spiro atoms. The van der Waals surface area contributed by atoms with E-state index in [1.54, 1.807) is 23.5 Å². The van der Waals surface area contributed by atoms with Crippen LogP contribution in [-0.2, 0) is 22.7 Å². The molecular formula is C19H17NO3S. The molecule has 3 aromatic rings. The van der Waals surface area contributed by atoms with Gasteiger partial charge in [0.1, 0.15) is 6.61 Å². The van der Waals surface area contributed by atoms with Gasteiger partial charge in [-0.15, -0.1) is 11.3 Å². The number of carbonyl (C=O) groups excluding carboxylic acids is 2. The molecule has 5 heteroatoms. The second kappa shape index (κ2) is 7.27. The summed E-state index contributed by atoms with van der Waals surface area (Å²) < 4.78 is 6.60. The van der Waals surface area contributed by atoms with E-state index < -0.39 is 0 Å². The quantitative estimate of drug-likeness (QED) is 0.717. The van der Waals surface area contributed by atoms with E-state index in [2.05, 4.69) is 11.4 Å². The first-order valence-corrected chi connectivity index (χ1v) is 8.47. The van der Waals surface area contributed by atoms with Gasteiger partial charge < -0.3 is 10.1 Å². The zero-order valence-corrected chi connectivity index (χ0v) is 14.1. The third kappa shape index (κ3) is 3.81. The molecule has 1 N–H and O–H groups in total. The predicted molar refractivity (Wildman–Crippen MR) is 94.9 cm³/mol. The molecule has 24 heavy (non-hydrogen) atoms. The number of nitrogens with one attached hydrogen (secondary N) is 1. The highest BCUT2D eigenvalue weighted by molar-refractivity contribution is 7.17. The Morgan fingerprint density at radius 3 is 2.58 bits per heavy atom. The second-order valence-corrected chi connectivity index (χ2v) is 6.35. The minimum atomic E-state index is -0.351. The number of hydrogen-bond acceptors (Lipinski definition) is 4. The van der Waals surface area contributed by atoms with Crippen LogP contribution in [0.3, 0.4) is 0 Å². The minimum Gasteiger partial charge on any atom is -0.457 e. The lowest BCUT2D eigenvalue weighted by Crippen LogP contribution is -2.18. The van der Waals surface area contributed by atoms with Gasteiger partial charge in [0.25, 0.3) is 0 Å². The van der Waals surface area contributed by atoms with Gasteiger partial charge in [-0.2, -0.15) is 0 Å². The number of hydrogen-bond donors (Lipinski definition) is 1. The van der Waals surface area contributed by atoms with Gasteiger partial charge in [0.2, 0.25) is 5.91 Å². The van der Waals surface area contributed by atoms with Crippen molar-refractivity contribution in [2.45, 2.75) is 20.1 Å². The van der Waals surface area contributed by atoms with E-state index in [-0.39, 0.29) is 18.5 Å². The molecule has 3 rings (SSSR count). The van der Waals surface area contributed by atoms with E-state index in [0.29, 0.717) is 12.1 Å². The van der Waals surface area contributed by atoms with Crippen molar-refractivity contribution >= 4 is 33.3 Å². The van der Waals surface area contributed by atoms with Gasteiger partial charge in [0.15, 0.2) is 0 Å². The van der Waals surface area contributed by atoms with Crippen molar-refractivity contribution in [2.24, 2.45) is 0 Å². The second-order valence-electron chi connectivity index (χ2n) is 5.44. The molecule has 1 aromatic heterocycles. The highest BCUT2D eigenvalue weighted by Crippen LogP contribution is 2.26. The number of fused-ring (bicyclic) bond motifs is 1. The van der Waals surface area contributed by atoms with Crippen molar-refractivity contribution in [3.8, 4) is 0 Å². The van der Waals surface area contributed by atoms with Crippen molar-refractivity contribution in [1.82, 2.24) is 5.32 Å². The lowest BCUT2D eigenvalue weighted by atomic mass is 10.1. The topological polar surface area (TPSA) is 55.4 Å². The van der Waals surface area contributed by atoms with E-state index in [9.17, 15) is 9.59 Å². The highest BCUT2D eigenvalue weighted by atomic mass is 32.1. The van der Waals surface area contributed by atoms with Gasteiger partial charge in [0, 0.05) is 23.7 Å². The lowest BCUT2D eigenvalue weighted by Gasteiger charge is -2.06. The summed E-state index contributed by atoms with van der Waals surface area (Å²) in [5, 5.41) is 5.87. The fourth-order valence-corrected chi connectivity index (χ4v) is 3.30. The van der Waals surface area contributed by atoms with Gasteiger partial charge in [-0.05, 0) is 34.5 Å². The van der Waals surface area contributed by atoms with E-state index in [0.717, 1.165) is 16.5 Å².